The Balaban J connectivity index is 1.65. The second-order valence-corrected chi connectivity index (χ2v) is 4.79. The molecule has 0 radical (unpaired) electrons. The zero-order chi connectivity index (χ0) is 12.8. The van der Waals surface area contributed by atoms with E-state index in [1.165, 1.54) is 12.8 Å². The zero-order valence-electron chi connectivity index (χ0n) is 10.8. The van der Waals surface area contributed by atoms with E-state index < -0.39 is 0 Å². The van der Waals surface area contributed by atoms with Crippen molar-refractivity contribution in [2.24, 2.45) is 5.92 Å². The Morgan fingerprint density at radius 2 is 2.33 bits per heavy atom. The van der Waals surface area contributed by atoms with Crippen LogP contribution in [-0.2, 0) is 4.74 Å². The molecule has 1 aliphatic carbocycles. The maximum Gasteiger partial charge on any atom is 0.127 e. The predicted octanol–water partition coefficient (Wildman–Crippen LogP) is 2.49. The Bertz CT molecular complexity index is 435. The molecule has 18 heavy (non-hydrogen) atoms. The summed E-state index contributed by atoms with van der Waals surface area (Å²) < 4.78 is 5.55. The van der Waals surface area contributed by atoms with Gasteiger partial charge in [-0.05, 0) is 44.2 Å². The van der Waals surface area contributed by atoms with Crippen molar-refractivity contribution in [3.63, 3.8) is 0 Å². The van der Waals surface area contributed by atoms with E-state index in [-0.39, 0.29) is 0 Å². The summed E-state index contributed by atoms with van der Waals surface area (Å²) in [5.41, 5.74) is 1.51. The summed E-state index contributed by atoms with van der Waals surface area (Å²) in [6.07, 6.45) is 3.63. The highest BCUT2D eigenvalue weighted by molar-refractivity contribution is 5.44. The highest BCUT2D eigenvalue weighted by Gasteiger charge is 2.20. The highest BCUT2D eigenvalue weighted by Crippen LogP contribution is 2.28. The molecule has 96 valence electrons. The summed E-state index contributed by atoms with van der Waals surface area (Å²) in [4.78, 5) is 4.33. The normalized spacial score (nSPS) is 14.2. The highest BCUT2D eigenvalue weighted by atomic mass is 16.5. The van der Waals surface area contributed by atoms with Crippen molar-refractivity contribution in [1.82, 2.24) is 4.98 Å². The Kier molecular flexibility index (Phi) is 4.54. The van der Waals surface area contributed by atoms with Crippen LogP contribution in [0.2, 0.25) is 0 Å². The van der Waals surface area contributed by atoms with E-state index in [0.29, 0.717) is 5.56 Å². The fourth-order valence-electron chi connectivity index (χ4n) is 1.75. The van der Waals surface area contributed by atoms with Gasteiger partial charge in [0, 0.05) is 25.5 Å². The fourth-order valence-corrected chi connectivity index (χ4v) is 1.75. The third-order valence-electron chi connectivity index (χ3n) is 2.90. The van der Waals surface area contributed by atoms with Crippen LogP contribution in [0, 0.1) is 24.2 Å². The zero-order valence-corrected chi connectivity index (χ0v) is 10.8. The molecule has 0 unspecified atom stereocenters. The second kappa shape index (κ2) is 6.36. The Morgan fingerprint density at radius 3 is 3.06 bits per heavy atom. The maximum atomic E-state index is 8.86. The molecule has 1 aromatic rings. The van der Waals surface area contributed by atoms with Crippen LogP contribution in [0.25, 0.3) is 0 Å². The molecule has 1 N–H and O–H groups in total. The first-order valence-corrected chi connectivity index (χ1v) is 6.48. The van der Waals surface area contributed by atoms with Crippen LogP contribution in [0.5, 0.6) is 0 Å². The summed E-state index contributed by atoms with van der Waals surface area (Å²) in [7, 11) is 0. The maximum absolute atomic E-state index is 8.86. The molecular formula is C14H19N3O. The molecule has 1 aromatic heterocycles. The van der Waals surface area contributed by atoms with Crippen LogP contribution in [0.3, 0.4) is 0 Å². The van der Waals surface area contributed by atoms with Crippen molar-refractivity contribution in [3.8, 4) is 6.07 Å². The van der Waals surface area contributed by atoms with Crippen molar-refractivity contribution < 1.29 is 4.74 Å². The number of hydrogen-bond acceptors (Lipinski definition) is 4. The minimum Gasteiger partial charge on any atom is -0.381 e. The van der Waals surface area contributed by atoms with E-state index >= 15 is 0 Å². The fraction of sp³-hybridized carbons (Fsp3) is 0.571. The van der Waals surface area contributed by atoms with Crippen LogP contribution >= 0.6 is 0 Å². The summed E-state index contributed by atoms with van der Waals surface area (Å²) >= 11 is 0. The van der Waals surface area contributed by atoms with E-state index in [1.54, 1.807) is 12.1 Å². The molecule has 1 aliphatic rings. The largest absolute Gasteiger partial charge is 0.381 e. The smallest absolute Gasteiger partial charge is 0.127 e. The minimum atomic E-state index is 0.648. The lowest BCUT2D eigenvalue weighted by molar-refractivity contribution is 0.124. The standard InChI is InChI=1S/C14H19N3O/c1-11-7-13(9-15)8-14(17-11)16-5-2-6-18-10-12-3-4-12/h7-8,12H,2-6,10H2,1H3,(H,16,17). The molecule has 4 heteroatoms. The van der Waals surface area contributed by atoms with E-state index in [2.05, 4.69) is 16.4 Å². The number of nitriles is 1. The number of aromatic nitrogens is 1. The molecule has 1 fully saturated rings. The number of nitrogens with one attached hydrogen (secondary N) is 1. The lowest BCUT2D eigenvalue weighted by atomic mass is 10.2. The number of nitrogens with zero attached hydrogens (tertiary/aromatic N) is 2. The van der Waals surface area contributed by atoms with Gasteiger partial charge in [0.25, 0.3) is 0 Å². The van der Waals surface area contributed by atoms with Crippen LogP contribution in [0.4, 0.5) is 5.82 Å². The average molecular weight is 245 g/mol. The molecule has 0 saturated heterocycles. The molecule has 1 heterocycles. The predicted molar refractivity (Wildman–Crippen MR) is 70.3 cm³/mol. The van der Waals surface area contributed by atoms with E-state index in [0.717, 1.165) is 43.6 Å². The first-order valence-electron chi connectivity index (χ1n) is 6.48. The van der Waals surface area contributed by atoms with Gasteiger partial charge in [-0.3, -0.25) is 0 Å². The lowest BCUT2D eigenvalue weighted by Crippen LogP contribution is -2.08. The van der Waals surface area contributed by atoms with E-state index in [4.69, 9.17) is 10.00 Å². The van der Waals surface area contributed by atoms with Gasteiger partial charge >= 0.3 is 0 Å². The molecule has 0 aromatic carbocycles. The topological polar surface area (TPSA) is 57.9 Å². The quantitative estimate of drug-likeness (QED) is 0.750. The number of aryl methyl sites for hydroxylation is 1. The average Bonchev–Trinajstić information content (AvgIpc) is 3.17. The van der Waals surface area contributed by atoms with Gasteiger partial charge in [0.15, 0.2) is 0 Å². The molecule has 0 atom stereocenters. The third kappa shape index (κ3) is 4.34. The van der Waals surface area contributed by atoms with Gasteiger partial charge in [-0.15, -0.1) is 0 Å². The molecule has 0 bridgehead atoms. The Hall–Kier alpha value is -1.60. The summed E-state index contributed by atoms with van der Waals surface area (Å²) in [6.45, 7) is 4.43. The Labute approximate surface area is 108 Å². The van der Waals surface area contributed by atoms with Gasteiger partial charge < -0.3 is 10.1 Å². The van der Waals surface area contributed by atoms with Gasteiger partial charge in [0.1, 0.15) is 5.82 Å². The third-order valence-corrected chi connectivity index (χ3v) is 2.90. The summed E-state index contributed by atoms with van der Waals surface area (Å²) in [5.74, 6) is 1.60. The van der Waals surface area contributed by atoms with Crippen LogP contribution < -0.4 is 5.32 Å². The molecule has 4 nitrogen and oxygen atoms in total. The molecular weight excluding hydrogens is 226 g/mol. The number of anilines is 1. The minimum absolute atomic E-state index is 0.648. The van der Waals surface area contributed by atoms with Gasteiger partial charge in [-0.25, -0.2) is 4.98 Å². The number of ether oxygens (including phenoxy) is 1. The van der Waals surface area contributed by atoms with Gasteiger partial charge in [-0.1, -0.05) is 0 Å². The first-order chi connectivity index (χ1) is 8.78. The first kappa shape index (κ1) is 12.8. The lowest BCUT2D eigenvalue weighted by Gasteiger charge is -2.07. The van der Waals surface area contributed by atoms with Crippen molar-refractivity contribution in [1.29, 1.82) is 5.26 Å². The van der Waals surface area contributed by atoms with Crippen molar-refractivity contribution in [2.45, 2.75) is 26.2 Å². The Morgan fingerprint density at radius 1 is 1.50 bits per heavy atom. The second-order valence-electron chi connectivity index (χ2n) is 4.79. The molecule has 2 rings (SSSR count). The van der Waals surface area contributed by atoms with Gasteiger partial charge in [-0.2, -0.15) is 5.26 Å². The number of rotatable bonds is 7. The van der Waals surface area contributed by atoms with E-state index in [1.807, 2.05) is 6.92 Å². The molecule has 0 amide bonds. The monoisotopic (exact) mass is 245 g/mol. The summed E-state index contributed by atoms with van der Waals surface area (Å²) in [6, 6.07) is 5.69. The van der Waals surface area contributed by atoms with Gasteiger partial charge in [0.2, 0.25) is 0 Å². The van der Waals surface area contributed by atoms with Crippen molar-refractivity contribution in [2.75, 3.05) is 25.1 Å². The summed E-state index contributed by atoms with van der Waals surface area (Å²) in [5, 5.41) is 12.1. The van der Waals surface area contributed by atoms with Crippen LogP contribution in [-0.4, -0.2) is 24.7 Å². The van der Waals surface area contributed by atoms with Crippen molar-refractivity contribution in [3.05, 3.63) is 23.4 Å². The van der Waals surface area contributed by atoms with E-state index in [9.17, 15) is 0 Å². The number of pyridine rings is 1. The van der Waals surface area contributed by atoms with Crippen LogP contribution in [0.15, 0.2) is 12.1 Å². The van der Waals surface area contributed by atoms with Crippen LogP contribution in [0.1, 0.15) is 30.5 Å². The van der Waals surface area contributed by atoms with Gasteiger partial charge in [0.05, 0.1) is 11.6 Å². The number of hydrogen-bond donors (Lipinski definition) is 1. The molecule has 0 spiro atoms. The SMILES string of the molecule is Cc1cc(C#N)cc(NCCCOCC2CC2)n1. The molecule has 1 saturated carbocycles. The molecule has 0 aliphatic heterocycles. The van der Waals surface area contributed by atoms with Crippen molar-refractivity contribution >= 4 is 5.82 Å².